The zero-order valence-corrected chi connectivity index (χ0v) is 15.1. The minimum absolute atomic E-state index is 0.210. The van der Waals surface area contributed by atoms with Gasteiger partial charge in [-0.3, -0.25) is 9.69 Å². The summed E-state index contributed by atoms with van der Waals surface area (Å²) in [6.45, 7) is 4.16. The fourth-order valence-electron chi connectivity index (χ4n) is 3.23. The fourth-order valence-corrected chi connectivity index (χ4v) is 3.44. The van der Waals surface area contributed by atoms with Crippen LogP contribution in [0.3, 0.4) is 0 Å². The second kappa shape index (κ2) is 9.14. The Labute approximate surface area is 148 Å². The van der Waals surface area contributed by atoms with E-state index in [1.165, 1.54) is 0 Å². The highest BCUT2D eigenvalue weighted by Crippen LogP contribution is 2.35. The summed E-state index contributed by atoms with van der Waals surface area (Å²) in [6, 6.07) is 4.02. The summed E-state index contributed by atoms with van der Waals surface area (Å²) in [4.78, 5) is 13.2. The molecule has 1 N–H and O–H groups in total. The van der Waals surface area contributed by atoms with E-state index < -0.39 is 5.97 Å². The maximum atomic E-state index is 10.9. The monoisotopic (exact) mass is 355 g/mol. The molecular weight excluding hydrogens is 330 g/mol. The molecule has 24 heavy (non-hydrogen) atoms. The van der Waals surface area contributed by atoms with Gasteiger partial charge in [-0.15, -0.1) is 0 Å². The van der Waals surface area contributed by atoms with Crippen molar-refractivity contribution in [2.75, 3.05) is 20.3 Å². The molecule has 6 heteroatoms. The van der Waals surface area contributed by atoms with E-state index in [4.69, 9.17) is 26.2 Å². The van der Waals surface area contributed by atoms with E-state index in [0.29, 0.717) is 42.1 Å². The average Bonchev–Trinajstić information content (AvgIpc) is 2.56. The molecule has 1 aromatic rings. The van der Waals surface area contributed by atoms with Gasteiger partial charge < -0.3 is 14.6 Å². The first-order chi connectivity index (χ1) is 11.5. The van der Waals surface area contributed by atoms with Gasteiger partial charge in [-0.25, -0.2) is 0 Å². The van der Waals surface area contributed by atoms with Crippen LogP contribution >= 0.6 is 11.6 Å². The second-order valence-corrected chi connectivity index (χ2v) is 6.49. The van der Waals surface area contributed by atoms with E-state index in [-0.39, 0.29) is 6.42 Å². The van der Waals surface area contributed by atoms with Gasteiger partial charge in [-0.05, 0) is 44.4 Å². The van der Waals surface area contributed by atoms with Crippen molar-refractivity contribution in [1.29, 1.82) is 0 Å². The van der Waals surface area contributed by atoms with Crippen molar-refractivity contribution in [3.05, 3.63) is 22.7 Å². The van der Waals surface area contributed by atoms with Crippen LogP contribution in [0.15, 0.2) is 12.1 Å². The molecule has 134 valence electrons. The third-order valence-corrected chi connectivity index (χ3v) is 4.80. The number of benzene rings is 1. The molecule has 1 aliphatic heterocycles. The first-order valence-electron chi connectivity index (χ1n) is 8.50. The largest absolute Gasteiger partial charge is 0.493 e. The van der Waals surface area contributed by atoms with Crippen LogP contribution in [0.2, 0.25) is 5.02 Å². The molecule has 1 saturated heterocycles. The van der Waals surface area contributed by atoms with Crippen molar-refractivity contribution in [2.24, 2.45) is 0 Å². The molecule has 2 rings (SSSR count). The number of carbonyl (C=O) groups is 1. The van der Waals surface area contributed by atoms with Gasteiger partial charge in [-0.1, -0.05) is 18.0 Å². The molecule has 0 radical (unpaired) electrons. The standard InChI is InChI=1S/C18H26ClNO4/c1-3-24-17-10-13(15(19)11-16(17)23-2)12-20-9-5-4-6-14(20)7-8-18(21)22/h10-11,14H,3-9,12H2,1-2H3,(H,21,22)/t14-/m0/s1. The number of ether oxygens (including phenoxy) is 2. The lowest BCUT2D eigenvalue weighted by Crippen LogP contribution is -2.39. The Hall–Kier alpha value is -1.46. The number of piperidine rings is 1. The van der Waals surface area contributed by atoms with E-state index in [2.05, 4.69) is 4.90 Å². The second-order valence-electron chi connectivity index (χ2n) is 6.08. The van der Waals surface area contributed by atoms with Crippen molar-refractivity contribution < 1.29 is 19.4 Å². The number of hydrogen-bond donors (Lipinski definition) is 1. The van der Waals surface area contributed by atoms with Crippen molar-refractivity contribution in [3.8, 4) is 11.5 Å². The zero-order valence-electron chi connectivity index (χ0n) is 14.4. The first-order valence-corrected chi connectivity index (χ1v) is 8.88. The SMILES string of the molecule is CCOc1cc(CN2CCCC[C@H]2CCC(=O)O)c(Cl)cc1OC. The van der Waals surface area contributed by atoms with Crippen LogP contribution in [0.25, 0.3) is 0 Å². The number of nitrogens with zero attached hydrogens (tertiary/aromatic N) is 1. The first kappa shape index (κ1) is 18.9. The molecule has 1 aliphatic rings. The quantitative estimate of drug-likeness (QED) is 0.764. The molecule has 1 heterocycles. The van der Waals surface area contributed by atoms with Gasteiger partial charge in [0.1, 0.15) is 0 Å². The Bertz CT molecular complexity index is 564. The topological polar surface area (TPSA) is 59.0 Å². The Kier molecular flexibility index (Phi) is 7.18. The minimum atomic E-state index is -0.735. The van der Waals surface area contributed by atoms with Crippen LogP contribution in [0.5, 0.6) is 11.5 Å². The third-order valence-electron chi connectivity index (χ3n) is 4.45. The summed E-state index contributed by atoms with van der Waals surface area (Å²) in [5.41, 5.74) is 0.989. The minimum Gasteiger partial charge on any atom is -0.493 e. The Morgan fingerprint density at radius 3 is 2.83 bits per heavy atom. The van der Waals surface area contributed by atoms with Crippen LogP contribution in [-0.2, 0) is 11.3 Å². The van der Waals surface area contributed by atoms with Gasteiger partial charge in [0.05, 0.1) is 13.7 Å². The maximum absolute atomic E-state index is 10.9. The Morgan fingerprint density at radius 2 is 2.17 bits per heavy atom. The molecule has 1 fully saturated rings. The molecule has 0 aromatic heterocycles. The van der Waals surface area contributed by atoms with Gasteiger partial charge in [0, 0.05) is 30.1 Å². The number of halogens is 1. The number of carboxylic acid groups (broad SMARTS) is 1. The predicted molar refractivity (Wildman–Crippen MR) is 94.1 cm³/mol. The average molecular weight is 356 g/mol. The number of likely N-dealkylation sites (tertiary alicyclic amines) is 1. The molecule has 0 saturated carbocycles. The number of hydrogen-bond acceptors (Lipinski definition) is 4. The summed E-state index contributed by atoms with van der Waals surface area (Å²) in [5.74, 6) is 0.590. The summed E-state index contributed by atoms with van der Waals surface area (Å²) < 4.78 is 11.0. The van der Waals surface area contributed by atoms with Gasteiger partial charge >= 0.3 is 5.97 Å². The zero-order chi connectivity index (χ0) is 17.5. The Morgan fingerprint density at radius 1 is 1.38 bits per heavy atom. The van der Waals surface area contributed by atoms with Gasteiger partial charge in [0.2, 0.25) is 0 Å². The molecule has 1 aromatic carbocycles. The number of methoxy groups -OCH3 is 1. The summed E-state index contributed by atoms with van der Waals surface area (Å²) in [6.07, 6.45) is 4.22. The lowest BCUT2D eigenvalue weighted by molar-refractivity contribution is -0.137. The van der Waals surface area contributed by atoms with Crippen molar-refractivity contribution in [2.45, 2.75) is 51.6 Å². The number of aliphatic carboxylic acids is 1. The maximum Gasteiger partial charge on any atom is 0.303 e. The van der Waals surface area contributed by atoms with Crippen molar-refractivity contribution in [1.82, 2.24) is 4.90 Å². The van der Waals surface area contributed by atoms with Gasteiger partial charge in [-0.2, -0.15) is 0 Å². The highest BCUT2D eigenvalue weighted by Gasteiger charge is 2.24. The van der Waals surface area contributed by atoms with Crippen molar-refractivity contribution >= 4 is 17.6 Å². The lowest BCUT2D eigenvalue weighted by Gasteiger charge is -2.36. The van der Waals surface area contributed by atoms with E-state index in [1.807, 2.05) is 13.0 Å². The molecule has 0 unspecified atom stereocenters. The van der Waals surface area contributed by atoms with Crippen LogP contribution in [0.4, 0.5) is 0 Å². The summed E-state index contributed by atoms with van der Waals surface area (Å²) >= 11 is 6.42. The predicted octanol–water partition coefficient (Wildman–Crippen LogP) is 3.97. The number of carboxylic acids is 1. The molecule has 1 atom stereocenters. The molecule has 0 spiro atoms. The van der Waals surface area contributed by atoms with Crippen LogP contribution in [-0.4, -0.2) is 42.3 Å². The van der Waals surface area contributed by atoms with Crippen LogP contribution in [0.1, 0.15) is 44.6 Å². The molecule has 0 bridgehead atoms. The molecule has 0 amide bonds. The smallest absolute Gasteiger partial charge is 0.303 e. The van der Waals surface area contributed by atoms with Crippen LogP contribution < -0.4 is 9.47 Å². The van der Waals surface area contributed by atoms with E-state index in [0.717, 1.165) is 31.4 Å². The van der Waals surface area contributed by atoms with Crippen LogP contribution in [0, 0.1) is 0 Å². The molecule has 5 nitrogen and oxygen atoms in total. The summed E-state index contributed by atoms with van der Waals surface area (Å²) in [7, 11) is 1.60. The Balaban J connectivity index is 2.14. The molecule has 0 aliphatic carbocycles. The van der Waals surface area contributed by atoms with E-state index in [9.17, 15) is 4.79 Å². The van der Waals surface area contributed by atoms with E-state index >= 15 is 0 Å². The highest BCUT2D eigenvalue weighted by molar-refractivity contribution is 6.31. The van der Waals surface area contributed by atoms with Crippen molar-refractivity contribution in [3.63, 3.8) is 0 Å². The third kappa shape index (κ3) is 5.02. The fraction of sp³-hybridized carbons (Fsp3) is 0.611. The van der Waals surface area contributed by atoms with E-state index in [1.54, 1.807) is 13.2 Å². The lowest BCUT2D eigenvalue weighted by atomic mass is 9.97. The highest BCUT2D eigenvalue weighted by atomic mass is 35.5. The summed E-state index contributed by atoms with van der Waals surface area (Å²) in [5, 5.41) is 9.60. The number of rotatable bonds is 8. The van der Waals surface area contributed by atoms with Gasteiger partial charge in [0.25, 0.3) is 0 Å². The van der Waals surface area contributed by atoms with Gasteiger partial charge in [0.15, 0.2) is 11.5 Å². The molecular formula is C18H26ClNO4. The normalized spacial score (nSPS) is 18.4.